The van der Waals surface area contributed by atoms with Crippen LogP contribution in [0.4, 0.5) is 22.7 Å². The molecule has 0 atom stereocenters. The van der Waals surface area contributed by atoms with Crippen molar-refractivity contribution in [2.75, 3.05) is 16.5 Å². The molecular formula is C52H34N6. The molecule has 0 fully saturated rings. The highest BCUT2D eigenvalue weighted by atomic mass is 15.4. The predicted molar refractivity (Wildman–Crippen MR) is 234 cm³/mol. The summed E-state index contributed by atoms with van der Waals surface area (Å²) in [4.78, 5) is 9.51. The molecule has 272 valence electrons. The minimum Gasteiger partial charge on any atom is -0.321 e. The van der Waals surface area contributed by atoms with Crippen LogP contribution in [0.3, 0.4) is 0 Å². The molecule has 6 heteroatoms. The fourth-order valence-corrected chi connectivity index (χ4v) is 8.35. The van der Waals surface area contributed by atoms with Crippen molar-refractivity contribution in [3.05, 3.63) is 228 Å². The third-order valence-electron chi connectivity index (χ3n) is 10.9. The van der Waals surface area contributed by atoms with E-state index in [1.807, 2.05) is 66.9 Å². The number of nitriles is 2. The Hall–Kier alpha value is -8.19. The fraction of sp³-hybridized carbons (Fsp3) is 0.0192. The van der Waals surface area contributed by atoms with Crippen LogP contribution >= 0.6 is 0 Å². The fourth-order valence-electron chi connectivity index (χ4n) is 8.35. The van der Waals surface area contributed by atoms with E-state index in [9.17, 15) is 10.5 Å². The van der Waals surface area contributed by atoms with Crippen LogP contribution < -0.4 is 9.80 Å². The van der Waals surface area contributed by atoms with Crippen molar-refractivity contribution in [2.24, 2.45) is 0 Å². The van der Waals surface area contributed by atoms with Gasteiger partial charge in [-0.25, -0.2) is 4.98 Å². The molecule has 10 rings (SSSR count). The standard InChI is InChI=1S/C52H34N6/c53-33-36-13-10-15-38(29-36)51(39-16-11-14-37(30-39)34-54)52(41-26-27-45-44-21-4-5-22-46(44)58(49(45)32-41)50-25-8-9-28-55-50)40-17-12-20-43(31-40)57-35-56(42-18-2-1-3-19-42)47-23-6-7-24-48(47)57/h1-32H,35H2. The summed E-state index contributed by atoms with van der Waals surface area (Å²) in [5.74, 6) is 0.831. The van der Waals surface area contributed by atoms with Gasteiger partial charge in [-0.05, 0) is 118 Å². The molecule has 0 spiro atoms. The molecule has 0 aliphatic carbocycles. The molecule has 1 aliphatic rings. The van der Waals surface area contributed by atoms with Crippen LogP contribution in [-0.2, 0) is 0 Å². The van der Waals surface area contributed by atoms with Crippen LogP contribution in [0.1, 0.15) is 33.4 Å². The predicted octanol–water partition coefficient (Wildman–Crippen LogP) is 12.2. The number of anilines is 4. The zero-order chi connectivity index (χ0) is 39.0. The van der Waals surface area contributed by atoms with Crippen LogP contribution in [-0.4, -0.2) is 16.2 Å². The third kappa shape index (κ3) is 5.94. The number of hydrogen-bond acceptors (Lipinski definition) is 5. The molecule has 0 amide bonds. The highest BCUT2D eigenvalue weighted by Crippen LogP contribution is 2.46. The Bertz CT molecular complexity index is 3070. The molecule has 1 aliphatic heterocycles. The van der Waals surface area contributed by atoms with Crippen LogP contribution in [0.2, 0.25) is 0 Å². The number of rotatable bonds is 7. The summed E-state index contributed by atoms with van der Waals surface area (Å²) in [6, 6.07) is 69.1. The van der Waals surface area contributed by atoms with E-state index in [2.05, 4.69) is 154 Å². The lowest BCUT2D eigenvalue weighted by Crippen LogP contribution is -2.23. The molecular weight excluding hydrogens is 709 g/mol. The highest BCUT2D eigenvalue weighted by Gasteiger charge is 2.28. The summed E-state index contributed by atoms with van der Waals surface area (Å²) in [7, 11) is 0. The zero-order valence-electron chi connectivity index (χ0n) is 31.4. The number of nitrogens with zero attached hydrogens (tertiary/aromatic N) is 6. The Kier molecular flexibility index (Phi) is 8.56. The maximum atomic E-state index is 10.1. The van der Waals surface area contributed by atoms with Crippen molar-refractivity contribution in [1.29, 1.82) is 10.5 Å². The van der Waals surface area contributed by atoms with Gasteiger partial charge in [-0.3, -0.25) is 4.57 Å². The molecule has 0 radical (unpaired) electrons. The highest BCUT2D eigenvalue weighted by molar-refractivity contribution is 6.12. The number of aromatic nitrogens is 2. The topological polar surface area (TPSA) is 71.9 Å². The molecule has 58 heavy (non-hydrogen) atoms. The van der Waals surface area contributed by atoms with E-state index < -0.39 is 0 Å². The first-order valence-electron chi connectivity index (χ1n) is 19.2. The van der Waals surface area contributed by atoms with Crippen LogP contribution in [0.15, 0.2) is 194 Å². The second kappa shape index (κ2) is 14.5. The van der Waals surface area contributed by atoms with Gasteiger partial charge in [-0.2, -0.15) is 10.5 Å². The summed E-state index contributed by atoms with van der Waals surface area (Å²) in [5.41, 5.74) is 13.3. The number of para-hydroxylation sites is 4. The number of benzene rings is 7. The van der Waals surface area contributed by atoms with Crippen molar-refractivity contribution >= 4 is 55.7 Å². The average molecular weight is 743 g/mol. The molecule has 0 unspecified atom stereocenters. The monoisotopic (exact) mass is 742 g/mol. The molecule has 3 heterocycles. The Morgan fingerprint density at radius 2 is 1.00 bits per heavy atom. The first-order valence-corrected chi connectivity index (χ1v) is 19.2. The minimum atomic E-state index is 0.556. The second-order valence-corrected chi connectivity index (χ2v) is 14.3. The quantitative estimate of drug-likeness (QED) is 0.152. The van der Waals surface area contributed by atoms with Crippen molar-refractivity contribution in [1.82, 2.24) is 9.55 Å². The van der Waals surface area contributed by atoms with Gasteiger partial charge < -0.3 is 9.80 Å². The van der Waals surface area contributed by atoms with Gasteiger partial charge >= 0.3 is 0 Å². The van der Waals surface area contributed by atoms with Gasteiger partial charge in [-0.1, -0.05) is 103 Å². The Balaban J connectivity index is 1.26. The first kappa shape index (κ1) is 34.3. The summed E-state index contributed by atoms with van der Waals surface area (Å²) in [5, 5.41) is 22.5. The van der Waals surface area contributed by atoms with E-state index in [-0.39, 0.29) is 0 Å². The number of hydrogen-bond donors (Lipinski definition) is 0. The van der Waals surface area contributed by atoms with Crippen LogP contribution in [0.5, 0.6) is 0 Å². The zero-order valence-corrected chi connectivity index (χ0v) is 31.4. The lowest BCUT2D eigenvalue weighted by atomic mass is 9.84. The normalized spacial score (nSPS) is 12.0. The van der Waals surface area contributed by atoms with Crippen molar-refractivity contribution in [3.63, 3.8) is 0 Å². The smallest absolute Gasteiger partial charge is 0.137 e. The molecule has 0 saturated carbocycles. The van der Waals surface area contributed by atoms with E-state index in [0.29, 0.717) is 17.8 Å². The summed E-state index contributed by atoms with van der Waals surface area (Å²) < 4.78 is 2.23. The Labute approximate surface area is 336 Å². The molecule has 9 aromatic rings. The van der Waals surface area contributed by atoms with E-state index in [1.54, 1.807) is 0 Å². The third-order valence-corrected chi connectivity index (χ3v) is 10.9. The molecule has 2 aromatic heterocycles. The van der Waals surface area contributed by atoms with E-state index in [1.165, 1.54) is 0 Å². The van der Waals surface area contributed by atoms with Gasteiger partial charge in [0.05, 0.1) is 45.7 Å². The van der Waals surface area contributed by atoms with Gasteiger partial charge in [0, 0.05) is 28.3 Å². The molecule has 0 bridgehead atoms. The van der Waals surface area contributed by atoms with Gasteiger partial charge in [0.15, 0.2) is 0 Å². The second-order valence-electron chi connectivity index (χ2n) is 14.3. The van der Waals surface area contributed by atoms with Gasteiger partial charge in [0.25, 0.3) is 0 Å². The molecule has 6 nitrogen and oxygen atoms in total. The van der Waals surface area contributed by atoms with Crippen molar-refractivity contribution in [3.8, 4) is 18.0 Å². The summed E-state index contributed by atoms with van der Waals surface area (Å²) in [6.07, 6.45) is 1.83. The van der Waals surface area contributed by atoms with Crippen LogP contribution in [0, 0.1) is 22.7 Å². The number of fused-ring (bicyclic) bond motifs is 4. The Morgan fingerprint density at radius 1 is 0.448 bits per heavy atom. The maximum absolute atomic E-state index is 10.1. The molecule has 0 N–H and O–H groups in total. The summed E-state index contributed by atoms with van der Waals surface area (Å²) >= 11 is 0. The van der Waals surface area contributed by atoms with E-state index in [0.717, 1.165) is 83.8 Å². The van der Waals surface area contributed by atoms with Crippen LogP contribution in [0.25, 0.3) is 38.8 Å². The van der Waals surface area contributed by atoms with Gasteiger partial charge in [0.1, 0.15) is 12.5 Å². The van der Waals surface area contributed by atoms with Crippen molar-refractivity contribution < 1.29 is 0 Å². The first-order chi connectivity index (χ1) is 28.7. The molecule has 0 saturated heterocycles. The lowest BCUT2D eigenvalue weighted by Gasteiger charge is -2.24. The molecule has 7 aromatic carbocycles. The van der Waals surface area contributed by atoms with Gasteiger partial charge in [-0.15, -0.1) is 0 Å². The minimum absolute atomic E-state index is 0.556. The van der Waals surface area contributed by atoms with Crippen molar-refractivity contribution in [2.45, 2.75) is 0 Å². The summed E-state index contributed by atoms with van der Waals surface area (Å²) in [6.45, 7) is 0.642. The van der Waals surface area contributed by atoms with Gasteiger partial charge in [0.2, 0.25) is 0 Å². The Morgan fingerprint density at radius 3 is 1.67 bits per heavy atom. The average Bonchev–Trinajstić information content (AvgIpc) is 3.85. The lowest BCUT2D eigenvalue weighted by molar-refractivity contribution is 0.991. The number of pyridine rings is 1. The maximum Gasteiger partial charge on any atom is 0.137 e. The largest absolute Gasteiger partial charge is 0.321 e. The van der Waals surface area contributed by atoms with E-state index in [4.69, 9.17) is 4.98 Å². The van der Waals surface area contributed by atoms with E-state index >= 15 is 0 Å². The SMILES string of the molecule is N#Cc1cccc(C(=C(c2cccc(N3CN(c4ccccc4)c4ccccc43)c2)c2ccc3c4ccccc4n(-c4ccccn4)c3c2)c2cccc(C#N)c2)c1.